The second-order valence-corrected chi connectivity index (χ2v) is 6.11. The molecular weight excluding hydrogens is 324 g/mol. The molecule has 1 aromatic carbocycles. The molecule has 0 spiro atoms. The minimum Gasteiger partial charge on any atom is -0.477 e. The predicted molar refractivity (Wildman–Crippen MR) is 93.5 cm³/mol. The molecule has 8 nitrogen and oxygen atoms in total. The molecule has 0 radical (unpaired) electrons. The van der Waals surface area contributed by atoms with Gasteiger partial charge in [0.2, 0.25) is 11.8 Å². The third-order valence-corrected chi connectivity index (χ3v) is 4.02. The Morgan fingerprint density at radius 1 is 1.20 bits per heavy atom. The maximum Gasteiger partial charge on any atom is 0.262 e. The maximum absolute atomic E-state index is 12.5. The lowest BCUT2D eigenvalue weighted by Gasteiger charge is -2.35. The fraction of sp³-hybridized carbons (Fsp3) is 0.471. The molecule has 0 unspecified atom stereocenters. The first-order valence-electron chi connectivity index (χ1n) is 7.99. The Bertz CT molecular complexity index is 662. The molecule has 1 atom stereocenters. The number of amides is 3. The van der Waals surface area contributed by atoms with E-state index in [-0.39, 0.29) is 37.4 Å². The van der Waals surface area contributed by atoms with Crippen LogP contribution in [0, 0.1) is 0 Å². The third kappa shape index (κ3) is 4.40. The molecule has 25 heavy (non-hydrogen) atoms. The molecule has 0 saturated carbocycles. The highest BCUT2D eigenvalue weighted by Crippen LogP contribution is 2.32. The van der Waals surface area contributed by atoms with Crippen LogP contribution in [0.4, 0.5) is 5.69 Å². The molecule has 8 heteroatoms. The van der Waals surface area contributed by atoms with Crippen molar-refractivity contribution in [3.63, 3.8) is 0 Å². The van der Waals surface area contributed by atoms with E-state index in [1.165, 1.54) is 9.80 Å². The lowest BCUT2D eigenvalue weighted by molar-refractivity contribution is -0.137. The van der Waals surface area contributed by atoms with E-state index >= 15 is 0 Å². The number of nitrogens with zero attached hydrogens (tertiary/aromatic N) is 3. The van der Waals surface area contributed by atoms with Crippen molar-refractivity contribution in [3.05, 3.63) is 24.3 Å². The average molecular weight is 348 g/mol. The Morgan fingerprint density at radius 2 is 1.88 bits per heavy atom. The Balaban J connectivity index is 2.12. The summed E-state index contributed by atoms with van der Waals surface area (Å²) in [6, 6.07) is 7.26. The van der Waals surface area contributed by atoms with Gasteiger partial charge in [0.25, 0.3) is 5.91 Å². The molecule has 0 saturated heterocycles. The van der Waals surface area contributed by atoms with Crippen LogP contribution in [-0.4, -0.2) is 81.5 Å². The van der Waals surface area contributed by atoms with Gasteiger partial charge in [-0.2, -0.15) is 0 Å². The van der Waals surface area contributed by atoms with Gasteiger partial charge in [-0.3, -0.25) is 14.4 Å². The minimum absolute atomic E-state index is 0.0106. The highest BCUT2D eigenvalue weighted by Gasteiger charge is 2.31. The second-order valence-electron chi connectivity index (χ2n) is 6.11. The number of rotatable bonds is 5. The quantitative estimate of drug-likeness (QED) is 0.779. The lowest BCUT2D eigenvalue weighted by atomic mass is 10.1. The van der Waals surface area contributed by atoms with Crippen LogP contribution in [0.2, 0.25) is 0 Å². The molecule has 0 bridgehead atoms. The minimum atomic E-state index is -0.693. The van der Waals surface area contributed by atoms with E-state index in [9.17, 15) is 14.4 Å². The maximum atomic E-state index is 12.5. The summed E-state index contributed by atoms with van der Waals surface area (Å²) in [4.78, 5) is 40.9. The number of carbonyl (C=O) groups excluding carboxylic acids is 3. The molecule has 1 heterocycles. The number of nitrogens with one attached hydrogen (secondary N) is 1. The van der Waals surface area contributed by atoms with E-state index in [0.29, 0.717) is 5.75 Å². The number of benzene rings is 1. The summed E-state index contributed by atoms with van der Waals surface area (Å²) >= 11 is 0. The smallest absolute Gasteiger partial charge is 0.262 e. The number of anilines is 1. The van der Waals surface area contributed by atoms with Gasteiger partial charge in [-0.05, 0) is 12.1 Å². The van der Waals surface area contributed by atoms with Gasteiger partial charge in [0.1, 0.15) is 5.75 Å². The van der Waals surface area contributed by atoms with Crippen LogP contribution in [0.3, 0.4) is 0 Å². The van der Waals surface area contributed by atoms with Gasteiger partial charge in [-0.15, -0.1) is 0 Å². The number of fused-ring (bicyclic) bond motifs is 1. The highest BCUT2D eigenvalue weighted by molar-refractivity contribution is 5.88. The fourth-order valence-electron chi connectivity index (χ4n) is 2.47. The zero-order valence-corrected chi connectivity index (χ0v) is 15.0. The number of para-hydroxylation sites is 2. The van der Waals surface area contributed by atoms with Gasteiger partial charge >= 0.3 is 0 Å². The Morgan fingerprint density at radius 3 is 2.52 bits per heavy atom. The van der Waals surface area contributed by atoms with Crippen molar-refractivity contribution in [2.24, 2.45) is 0 Å². The number of hydrogen-bond acceptors (Lipinski definition) is 5. The first kappa shape index (κ1) is 18.6. The van der Waals surface area contributed by atoms with Gasteiger partial charge in [-0.25, -0.2) is 0 Å². The van der Waals surface area contributed by atoms with Crippen molar-refractivity contribution in [1.29, 1.82) is 0 Å². The van der Waals surface area contributed by atoms with E-state index in [4.69, 9.17) is 4.74 Å². The van der Waals surface area contributed by atoms with Crippen LogP contribution < -0.4 is 15.0 Å². The largest absolute Gasteiger partial charge is 0.477 e. The van der Waals surface area contributed by atoms with Gasteiger partial charge < -0.3 is 24.8 Å². The zero-order valence-electron chi connectivity index (χ0n) is 15.0. The monoisotopic (exact) mass is 348 g/mol. The molecule has 1 aromatic rings. The Hall–Kier alpha value is -2.77. The second kappa shape index (κ2) is 7.87. The fourth-order valence-corrected chi connectivity index (χ4v) is 2.47. The van der Waals surface area contributed by atoms with Gasteiger partial charge in [0.05, 0.1) is 25.3 Å². The standard InChI is InChI=1S/C17H24N4O4/c1-18-17(24)14-9-21(12-7-5-6-8-13(12)25-14)11-16(23)20(4)10-15(22)19(2)3/h5-8,14H,9-11H2,1-4H3,(H,18,24)/t14-/m1/s1. The van der Waals surface area contributed by atoms with Crippen molar-refractivity contribution in [3.8, 4) is 5.75 Å². The molecule has 1 N–H and O–H groups in total. The lowest BCUT2D eigenvalue weighted by Crippen LogP contribution is -2.51. The summed E-state index contributed by atoms with van der Waals surface area (Å²) < 4.78 is 5.71. The molecule has 0 aliphatic carbocycles. The van der Waals surface area contributed by atoms with E-state index in [0.717, 1.165) is 5.69 Å². The van der Waals surface area contributed by atoms with Crippen LogP contribution in [-0.2, 0) is 14.4 Å². The summed E-state index contributed by atoms with van der Waals surface area (Å²) in [5.41, 5.74) is 0.753. The molecule has 0 fully saturated rings. The third-order valence-electron chi connectivity index (χ3n) is 4.02. The topological polar surface area (TPSA) is 82.2 Å². The number of carbonyl (C=O) groups is 3. The van der Waals surface area contributed by atoms with E-state index < -0.39 is 6.10 Å². The summed E-state index contributed by atoms with van der Waals surface area (Å²) in [6.45, 7) is 0.333. The zero-order chi connectivity index (χ0) is 18.6. The highest BCUT2D eigenvalue weighted by atomic mass is 16.5. The van der Waals surface area contributed by atoms with E-state index in [1.54, 1.807) is 39.2 Å². The SMILES string of the molecule is CNC(=O)[C@H]1CN(CC(=O)N(C)CC(=O)N(C)C)c2ccccc2O1. The van der Waals surface area contributed by atoms with Gasteiger partial charge in [-0.1, -0.05) is 12.1 Å². The summed E-state index contributed by atoms with van der Waals surface area (Å²) in [5.74, 6) is -0.0470. The van der Waals surface area contributed by atoms with E-state index in [2.05, 4.69) is 5.32 Å². The molecule has 136 valence electrons. The van der Waals surface area contributed by atoms with Crippen molar-refractivity contribution in [1.82, 2.24) is 15.1 Å². The van der Waals surface area contributed by atoms with Crippen LogP contribution in [0.25, 0.3) is 0 Å². The molecule has 0 aromatic heterocycles. The number of hydrogen-bond donors (Lipinski definition) is 1. The molecule has 1 aliphatic rings. The molecular formula is C17H24N4O4. The van der Waals surface area contributed by atoms with Crippen molar-refractivity contribution < 1.29 is 19.1 Å². The van der Waals surface area contributed by atoms with E-state index in [1.807, 2.05) is 18.2 Å². The summed E-state index contributed by atoms with van der Waals surface area (Å²) in [7, 11) is 6.42. The summed E-state index contributed by atoms with van der Waals surface area (Å²) in [6.07, 6.45) is -0.693. The van der Waals surface area contributed by atoms with Crippen molar-refractivity contribution >= 4 is 23.4 Å². The average Bonchev–Trinajstić information content (AvgIpc) is 2.60. The normalized spacial score (nSPS) is 15.7. The summed E-state index contributed by atoms with van der Waals surface area (Å²) in [5, 5.41) is 2.56. The molecule has 1 aliphatic heterocycles. The van der Waals surface area contributed by atoms with Gasteiger partial charge in [0.15, 0.2) is 6.10 Å². The Labute approximate surface area is 147 Å². The van der Waals surface area contributed by atoms with Crippen LogP contribution in [0.1, 0.15) is 0 Å². The first-order chi connectivity index (χ1) is 11.8. The Kier molecular flexibility index (Phi) is 5.84. The molecule has 3 amide bonds. The van der Waals surface area contributed by atoms with Gasteiger partial charge in [0, 0.05) is 28.2 Å². The molecule has 2 rings (SSSR count). The predicted octanol–water partition coefficient (Wildman–Crippen LogP) is -0.453. The number of likely N-dealkylation sites (N-methyl/N-ethyl adjacent to an activating group) is 3. The first-order valence-corrected chi connectivity index (χ1v) is 7.99. The van der Waals surface area contributed by atoms with Crippen molar-refractivity contribution in [2.75, 3.05) is 52.7 Å². The van der Waals surface area contributed by atoms with Crippen LogP contribution >= 0.6 is 0 Å². The van der Waals surface area contributed by atoms with Crippen LogP contribution in [0.15, 0.2) is 24.3 Å². The number of ether oxygens (including phenoxy) is 1. The van der Waals surface area contributed by atoms with Crippen molar-refractivity contribution in [2.45, 2.75) is 6.10 Å². The van der Waals surface area contributed by atoms with Crippen LogP contribution in [0.5, 0.6) is 5.75 Å².